The molecule has 0 saturated carbocycles. The summed E-state index contributed by atoms with van der Waals surface area (Å²) in [6.45, 7) is 5.81. The third kappa shape index (κ3) is 4.33. The van der Waals surface area contributed by atoms with E-state index in [0.717, 1.165) is 18.7 Å². The molecular formula is C16H20BrNOS. The monoisotopic (exact) mass is 353 g/mol. The maximum atomic E-state index is 5.60. The van der Waals surface area contributed by atoms with Crippen molar-refractivity contribution >= 4 is 27.3 Å². The third-order valence-electron chi connectivity index (χ3n) is 3.06. The summed E-state index contributed by atoms with van der Waals surface area (Å²) in [5.41, 5.74) is 1.28. The quantitative estimate of drug-likeness (QED) is 0.771. The molecule has 1 aromatic heterocycles. The summed E-state index contributed by atoms with van der Waals surface area (Å²) in [4.78, 5) is 1.38. The molecule has 0 amide bonds. The molecule has 20 heavy (non-hydrogen) atoms. The maximum absolute atomic E-state index is 5.60. The lowest BCUT2D eigenvalue weighted by Crippen LogP contribution is -2.22. The van der Waals surface area contributed by atoms with E-state index in [0.29, 0.717) is 12.6 Å². The molecule has 0 fully saturated rings. The van der Waals surface area contributed by atoms with Gasteiger partial charge in [0.2, 0.25) is 0 Å². The molecule has 0 aliphatic heterocycles. The molecule has 1 atom stereocenters. The number of halogens is 1. The van der Waals surface area contributed by atoms with Gasteiger partial charge in [-0.25, -0.2) is 0 Å². The molecule has 2 aromatic rings. The van der Waals surface area contributed by atoms with Gasteiger partial charge in [0.1, 0.15) is 5.75 Å². The molecular weight excluding hydrogens is 334 g/mol. The first kappa shape index (κ1) is 15.5. The molecule has 0 saturated heterocycles. The molecule has 2 rings (SSSR count). The van der Waals surface area contributed by atoms with E-state index in [4.69, 9.17) is 4.74 Å². The van der Waals surface area contributed by atoms with Gasteiger partial charge in [0, 0.05) is 17.3 Å². The number of thiophene rings is 1. The van der Waals surface area contributed by atoms with Crippen LogP contribution in [-0.2, 0) is 6.42 Å². The van der Waals surface area contributed by atoms with Crippen molar-refractivity contribution in [2.75, 3.05) is 13.2 Å². The third-order valence-corrected chi connectivity index (χ3v) is 4.70. The summed E-state index contributed by atoms with van der Waals surface area (Å²) < 4.78 is 6.78. The van der Waals surface area contributed by atoms with Crippen LogP contribution in [0.2, 0.25) is 0 Å². The van der Waals surface area contributed by atoms with Crippen molar-refractivity contribution in [2.45, 2.75) is 26.3 Å². The fourth-order valence-corrected chi connectivity index (χ4v) is 3.73. The molecule has 0 spiro atoms. The largest absolute Gasteiger partial charge is 0.494 e. The van der Waals surface area contributed by atoms with Crippen molar-refractivity contribution in [3.05, 3.63) is 50.6 Å². The minimum atomic E-state index is 0.325. The lowest BCUT2D eigenvalue weighted by Gasteiger charge is -2.18. The second-order valence-electron chi connectivity index (χ2n) is 4.53. The Bertz CT molecular complexity index is 541. The first-order chi connectivity index (χ1) is 9.72. The lowest BCUT2D eigenvalue weighted by atomic mass is 10.0. The fraction of sp³-hybridized carbons (Fsp3) is 0.375. The van der Waals surface area contributed by atoms with Crippen molar-refractivity contribution in [1.82, 2.24) is 5.32 Å². The van der Waals surface area contributed by atoms with E-state index in [1.165, 1.54) is 14.2 Å². The summed E-state index contributed by atoms with van der Waals surface area (Å²) in [5.74, 6) is 0.945. The maximum Gasteiger partial charge on any atom is 0.119 e. The Labute approximate surface area is 133 Å². The van der Waals surface area contributed by atoms with Gasteiger partial charge in [0.25, 0.3) is 0 Å². The van der Waals surface area contributed by atoms with Crippen LogP contribution in [0.3, 0.4) is 0 Å². The Morgan fingerprint density at radius 1 is 1.25 bits per heavy atom. The van der Waals surface area contributed by atoms with Crippen LogP contribution in [0.4, 0.5) is 0 Å². The first-order valence-electron chi connectivity index (χ1n) is 6.93. The van der Waals surface area contributed by atoms with E-state index in [-0.39, 0.29) is 0 Å². The molecule has 1 N–H and O–H groups in total. The predicted octanol–water partition coefficient (Wildman–Crippen LogP) is 4.80. The van der Waals surface area contributed by atoms with Gasteiger partial charge >= 0.3 is 0 Å². The zero-order valence-corrected chi connectivity index (χ0v) is 14.3. The van der Waals surface area contributed by atoms with Crippen LogP contribution < -0.4 is 10.1 Å². The van der Waals surface area contributed by atoms with Crippen LogP contribution in [0.25, 0.3) is 0 Å². The van der Waals surface area contributed by atoms with Crippen LogP contribution in [-0.4, -0.2) is 13.2 Å². The number of ether oxygens (including phenoxy) is 1. The second kappa shape index (κ2) is 7.81. The number of hydrogen-bond donors (Lipinski definition) is 1. The van der Waals surface area contributed by atoms with E-state index in [9.17, 15) is 0 Å². The number of rotatable bonds is 7. The standard InChI is InChI=1S/C16H20BrNOS/c1-3-18-15(11-14-8-9-16(17)20-14)12-6-5-7-13(10-12)19-4-2/h5-10,15,18H,3-4,11H2,1-2H3. The Morgan fingerprint density at radius 3 is 2.75 bits per heavy atom. The molecule has 4 heteroatoms. The van der Waals surface area contributed by atoms with Crippen molar-refractivity contribution in [3.8, 4) is 5.75 Å². The Balaban J connectivity index is 2.16. The second-order valence-corrected chi connectivity index (χ2v) is 7.07. The molecule has 0 bridgehead atoms. The first-order valence-corrected chi connectivity index (χ1v) is 8.54. The lowest BCUT2D eigenvalue weighted by molar-refractivity contribution is 0.339. The zero-order valence-electron chi connectivity index (χ0n) is 11.9. The molecule has 1 unspecified atom stereocenters. The number of benzene rings is 1. The highest BCUT2D eigenvalue weighted by Crippen LogP contribution is 2.28. The molecule has 0 radical (unpaired) electrons. The highest BCUT2D eigenvalue weighted by molar-refractivity contribution is 9.11. The fourth-order valence-electron chi connectivity index (χ4n) is 2.20. The normalized spacial score (nSPS) is 12.3. The van der Waals surface area contributed by atoms with Gasteiger partial charge in [-0.05, 0) is 59.2 Å². The van der Waals surface area contributed by atoms with Crippen LogP contribution in [0.15, 0.2) is 40.2 Å². The van der Waals surface area contributed by atoms with Crippen molar-refractivity contribution in [3.63, 3.8) is 0 Å². The van der Waals surface area contributed by atoms with Crippen molar-refractivity contribution < 1.29 is 4.74 Å². The van der Waals surface area contributed by atoms with E-state index in [1.807, 2.05) is 13.0 Å². The summed E-state index contributed by atoms with van der Waals surface area (Å²) in [7, 11) is 0. The van der Waals surface area contributed by atoms with Crippen LogP contribution in [0.1, 0.15) is 30.3 Å². The molecule has 0 aliphatic rings. The summed E-state index contributed by atoms with van der Waals surface area (Å²) >= 11 is 5.32. The number of likely N-dealkylation sites (N-methyl/N-ethyl adjacent to an activating group) is 1. The minimum Gasteiger partial charge on any atom is -0.494 e. The van der Waals surface area contributed by atoms with E-state index in [1.54, 1.807) is 11.3 Å². The Kier molecular flexibility index (Phi) is 6.07. The minimum absolute atomic E-state index is 0.325. The van der Waals surface area contributed by atoms with Gasteiger partial charge in [-0.2, -0.15) is 0 Å². The summed E-state index contributed by atoms with van der Waals surface area (Å²) in [5, 5.41) is 3.56. The average Bonchev–Trinajstić information content (AvgIpc) is 2.84. The van der Waals surface area contributed by atoms with E-state index in [2.05, 4.69) is 58.5 Å². The topological polar surface area (TPSA) is 21.3 Å². The van der Waals surface area contributed by atoms with Gasteiger partial charge in [-0.15, -0.1) is 11.3 Å². The van der Waals surface area contributed by atoms with E-state index >= 15 is 0 Å². The molecule has 108 valence electrons. The van der Waals surface area contributed by atoms with Crippen LogP contribution >= 0.6 is 27.3 Å². The SMILES string of the molecule is CCNC(Cc1ccc(Br)s1)c1cccc(OCC)c1. The summed E-state index contributed by atoms with van der Waals surface area (Å²) in [6.07, 6.45) is 1.000. The van der Waals surface area contributed by atoms with Gasteiger partial charge in [0.05, 0.1) is 10.4 Å². The van der Waals surface area contributed by atoms with Gasteiger partial charge < -0.3 is 10.1 Å². The summed E-state index contributed by atoms with van der Waals surface area (Å²) in [6, 6.07) is 13.0. The van der Waals surface area contributed by atoms with E-state index < -0.39 is 0 Å². The Morgan fingerprint density at radius 2 is 2.10 bits per heavy atom. The highest BCUT2D eigenvalue weighted by atomic mass is 79.9. The molecule has 1 heterocycles. The van der Waals surface area contributed by atoms with Gasteiger partial charge in [0.15, 0.2) is 0 Å². The average molecular weight is 354 g/mol. The van der Waals surface area contributed by atoms with Gasteiger partial charge in [-0.1, -0.05) is 19.1 Å². The van der Waals surface area contributed by atoms with Gasteiger partial charge in [-0.3, -0.25) is 0 Å². The number of hydrogen-bond acceptors (Lipinski definition) is 3. The number of nitrogens with one attached hydrogen (secondary N) is 1. The Hall–Kier alpha value is -0.840. The zero-order chi connectivity index (χ0) is 14.4. The van der Waals surface area contributed by atoms with Crippen LogP contribution in [0, 0.1) is 0 Å². The predicted molar refractivity (Wildman–Crippen MR) is 89.8 cm³/mol. The molecule has 1 aromatic carbocycles. The highest BCUT2D eigenvalue weighted by Gasteiger charge is 2.13. The van der Waals surface area contributed by atoms with Crippen LogP contribution in [0.5, 0.6) is 5.75 Å². The molecule has 0 aliphatic carbocycles. The van der Waals surface area contributed by atoms with Crippen molar-refractivity contribution in [1.29, 1.82) is 0 Å². The van der Waals surface area contributed by atoms with Crippen molar-refractivity contribution in [2.24, 2.45) is 0 Å². The molecule has 2 nitrogen and oxygen atoms in total. The smallest absolute Gasteiger partial charge is 0.119 e.